The van der Waals surface area contributed by atoms with Crippen molar-refractivity contribution in [3.8, 4) is 10.7 Å². The third kappa shape index (κ3) is 1.95. The van der Waals surface area contributed by atoms with Gasteiger partial charge in [0, 0.05) is 23.0 Å². The fourth-order valence-corrected chi connectivity index (χ4v) is 3.75. The van der Waals surface area contributed by atoms with Crippen molar-refractivity contribution in [1.82, 2.24) is 15.3 Å². The topological polar surface area (TPSA) is 37.8 Å². The minimum Gasteiger partial charge on any atom is -0.319 e. The Morgan fingerprint density at radius 2 is 2.22 bits per heavy atom. The second-order valence-electron chi connectivity index (χ2n) is 4.96. The van der Waals surface area contributed by atoms with Crippen LogP contribution in [0.25, 0.3) is 10.7 Å². The summed E-state index contributed by atoms with van der Waals surface area (Å²) < 4.78 is 0. The molecule has 1 fully saturated rings. The fraction of sp³-hybridized carbons (Fsp3) is 0.429. The van der Waals surface area contributed by atoms with Gasteiger partial charge in [0.2, 0.25) is 0 Å². The zero-order valence-electron chi connectivity index (χ0n) is 10.7. The number of hydrogen-bond donors (Lipinski definition) is 1. The van der Waals surface area contributed by atoms with Gasteiger partial charge in [-0.05, 0) is 38.9 Å². The average molecular weight is 259 g/mol. The number of aryl methyl sites for hydroxylation is 1. The van der Waals surface area contributed by atoms with Crippen LogP contribution < -0.4 is 5.32 Å². The number of aromatic nitrogens is 2. The first-order valence-corrected chi connectivity index (χ1v) is 7.11. The van der Waals surface area contributed by atoms with Crippen LogP contribution in [0.5, 0.6) is 0 Å². The molecule has 3 nitrogen and oxygen atoms in total. The molecule has 1 aliphatic carbocycles. The van der Waals surface area contributed by atoms with E-state index in [1.54, 1.807) is 0 Å². The summed E-state index contributed by atoms with van der Waals surface area (Å²) in [5, 5.41) is 4.36. The van der Waals surface area contributed by atoms with Crippen molar-refractivity contribution in [2.75, 3.05) is 13.6 Å². The largest absolute Gasteiger partial charge is 0.319 e. The maximum absolute atomic E-state index is 4.70. The predicted octanol–water partition coefficient (Wildman–Crippen LogP) is 2.76. The summed E-state index contributed by atoms with van der Waals surface area (Å²) >= 11 is 1.81. The lowest BCUT2D eigenvalue weighted by molar-refractivity contribution is 0.630. The molecule has 94 valence electrons. The first kappa shape index (κ1) is 11.8. The highest BCUT2D eigenvalue weighted by molar-refractivity contribution is 7.15. The molecule has 1 N–H and O–H groups in total. The van der Waals surface area contributed by atoms with E-state index < -0.39 is 0 Å². The summed E-state index contributed by atoms with van der Waals surface area (Å²) in [6, 6.07) is 5.98. The molecular weight excluding hydrogens is 242 g/mol. The van der Waals surface area contributed by atoms with Crippen molar-refractivity contribution >= 4 is 11.3 Å². The van der Waals surface area contributed by atoms with E-state index in [4.69, 9.17) is 4.98 Å². The van der Waals surface area contributed by atoms with E-state index in [0.29, 0.717) is 5.41 Å². The van der Waals surface area contributed by atoms with E-state index in [-0.39, 0.29) is 0 Å². The molecule has 0 atom stereocenters. The molecule has 0 bridgehead atoms. The van der Waals surface area contributed by atoms with Crippen molar-refractivity contribution in [3.63, 3.8) is 0 Å². The Bertz CT molecular complexity index is 543. The van der Waals surface area contributed by atoms with Crippen molar-refractivity contribution in [3.05, 3.63) is 35.0 Å². The van der Waals surface area contributed by atoms with Crippen molar-refractivity contribution < 1.29 is 0 Å². The Kier molecular flexibility index (Phi) is 2.92. The van der Waals surface area contributed by atoms with Gasteiger partial charge in [0.05, 0.1) is 11.4 Å². The van der Waals surface area contributed by atoms with Gasteiger partial charge < -0.3 is 5.32 Å². The summed E-state index contributed by atoms with van der Waals surface area (Å²) in [6.07, 6.45) is 4.38. The first-order valence-electron chi connectivity index (χ1n) is 6.29. The lowest BCUT2D eigenvalue weighted by Gasteiger charge is -2.12. The minimum atomic E-state index is 0.351. The van der Waals surface area contributed by atoms with E-state index in [0.717, 1.165) is 17.2 Å². The van der Waals surface area contributed by atoms with Crippen molar-refractivity contribution in [2.45, 2.75) is 25.2 Å². The molecular formula is C14H17N3S. The maximum Gasteiger partial charge on any atom is 0.142 e. The number of nitrogens with zero attached hydrogens (tertiary/aromatic N) is 2. The molecule has 18 heavy (non-hydrogen) atoms. The Balaban J connectivity index is 1.97. The van der Waals surface area contributed by atoms with Gasteiger partial charge >= 0.3 is 0 Å². The van der Waals surface area contributed by atoms with Gasteiger partial charge in [-0.1, -0.05) is 6.07 Å². The molecule has 4 heteroatoms. The lowest BCUT2D eigenvalue weighted by atomic mass is 10.0. The van der Waals surface area contributed by atoms with Crippen LogP contribution in [0.3, 0.4) is 0 Å². The van der Waals surface area contributed by atoms with Gasteiger partial charge in [-0.25, -0.2) is 4.98 Å². The molecule has 0 aliphatic heterocycles. The SMILES string of the molecule is CNCC1(c2sc(-c3ccccn3)nc2C)CC1. The van der Waals surface area contributed by atoms with Crippen LogP contribution in [0, 0.1) is 6.92 Å². The summed E-state index contributed by atoms with van der Waals surface area (Å²) in [5.74, 6) is 0. The highest BCUT2D eigenvalue weighted by Gasteiger charge is 2.46. The summed E-state index contributed by atoms with van der Waals surface area (Å²) in [5.41, 5.74) is 2.51. The highest BCUT2D eigenvalue weighted by Crippen LogP contribution is 2.51. The monoisotopic (exact) mass is 259 g/mol. The molecule has 0 unspecified atom stereocenters. The van der Waals surface area contributed by atoms with E-state index in [1.807, 2.05) is 42.8 Å². The molecule has 0 radical (unpaired) electrons. The van der Waals surface area contributed by atoms with Gasteiger partial charge in [0.1, 0.15) is 5.01 Å². The number of rotatable bonds is 4. The molecule has 1 saturated carbocycles. The first-order chi connectivity index (χ1) is 8.75. The summed E-state index contributed by atoms with van der Waals surface area (Å²) in [4.78, 5) is 10.5. The Labute approximate surface area is 111 Å². The van der Waals surface area contributed by atoms with Crippen LogP contribution in [0.4, 0.5) is 0 Å². The van der Waals surface area contributed by atoms with Crippen LogP contribution >= 0.6 is 11.3 Å². The number of thiazole rings is 1. The van der Waals surface area contributed by atoms with Gasteiger partial charge in [0.25, 0.3) is 0 Å². The van der Waals surface area contributed by atoms with Crippen molar-refractivity contribution in [1.29, 1.82) is 0 Å². The number of likely N-dealkylation sites (N-methyl/N-ethyl adjacent to an activating group) is 1. The third-order valence-corrected chi connectivity index (χ3v) is 4.96. The van der Waals surface area contributed by atoms with Crippen LogP contribution in [0.1, 0.15) is 23.4 Å². The van der Waals surface area contributed by atoms with Gasteiger partial charge in [-0.2, -0.15) is 0 Å². The molecule has 0 spiro atoms. The second-order valence-corrected chi connectivity index (χ2v) is 5.96. The van der Waals surface area contributed by atoms with Gasteiger partial charge in [0.15, 0.2) is 0 Å². The number of pyridine rings is 1. The standard InChI is InChI=1S/C14H17N3S/c1-10-12(14(6-7-14)9-15-2)18-13(17-10)11-5-3-4-8-16-11/h3-5,8,15H,6-7,9H2,1-2H3. The third-order valence-electron chi connectivity index (χ3n) is 3.53. The van der Waals surface area contributed by atoms with Crippen LogP contribution in [-0.2, 0) is 5.41 Å². The highest BCUT2D eigenvalue weighted by atomic mass is 32.1. The van der Waals surface area contributed by atoms with Crippen LogP contribution in [0.15, 0.2) is 24.4 Å². The van der Waals surface area contributed by atoms with E-state index in [9.17, 15) is 0 Å². The van der Waals surface area contributed by atoms with Gasteiger partial charge in [-0.3, -0.25) is 4.98 Å². The van der Waals surface area contributed by atoms with E-state index in [2.05, 4.69) is 17.2 Å². The van der Waals surface area contributed by atoms with E-state index >= 15 is 0 Å². The van der Waals surface area contributed by atoms with Crippen LogP contribution in [-0.4, -0.2) is 23.6 Å². The predicted molar refractivity (Wildman–Crippen MR) is 74.9 cm³/mol. The average Bonchev–Trinajstić information content (AvgIpc) is 3.06. The molecule has 2 heterocycles. The Morgan fingerprint density at radius 1 is 1.39 bits per heavy atom. The maximum atomic E-state index is 4.70. The normalized spacial score (nSPS) is 16.8. The second kappa shape index (κ2) is 4.44. The number of hydrogen-bond acceptors (Lipinski definition) is 4. The molecule has 2 aromatic rings. The molecule has 0 saturated heterocycles. The zero-order chi connectivity index (χ0) is 12.6. The zero-order valence-corrected chi connectivity index (χ0v) is 11.5. The molecule has 0 aromatic carbocycles. The molecule has 1 aliphatic rings. The summed E-state index contributed by atoms with van der Waals surface area (Å²) in [7, 11) is 2.02. The molecule has 0 amide bonds. The minimum absolute atomic E-state index is 0.351. The van der Waals surface area contributed by atoms with Crippen molar-refractivity contribution in [2.24, 2.45) is 0 Å². The molecule has 2 aromatic heterocycles. The lowest BCUT2D eigenvalue weighted by Crippen LogP contribution is -2.23. The summed E-state index contributed by atoms with van der Waals surface area (Å²) in [6.45, 7) is 3.17. The quantitative estimate of drug-likeness (QED) is 0.917. The Hall–Kier alpha value is -1.26. The van der Waals surface area contributed by atoms with Gasteiger partial charge in [-0.15, -0.1) is 11.3 Å². The number of nitrogens with one attached hydrogen (secondary N) is 1. The molecule has 3 rings (SSSR count). The fourth-order valence-electron chi connectivity index (χ4n) is 2.46. The smallest absolute Gasteiger partial charge is 0.142 e. The van der Waals surface area contributed by atoms with Crippen LogP contribution in [0.2, 0.25) is 0 Å². The Morgan fingerprint density at radius 3 is 2.83 bits per heavy atom. The van der Waals surface area contributed by atoms with E-state index in [1.165, 1.54) is 23.4 Å².